The molecule has 0 aromatic heterocycles. The van der Waals surface area contributed by atoms with Gasteiger partial charge in [-0.25, -0.2) is 8.78 Å². The van der Waals surface area contributed by atoms with Gasteiger partial charge in [-0.15, -0.1) is 0 Å². The average Bonchev–Trinajstić information content (AvgIpc) is 3.09. The SMILES string of the molecule is NC[C@H]1CCC[C@H]1C(=O)N1CCN(C(=O)c2ccc(F)cc2F)CC1. The highest BCUT2D eigenvalue weighted by atomic mass is 19.1. The maximum Gasteiger partial charge on any atom is 0.256 e. The summed E-state index contributed by atoms with van der Waals surface area (Å²) < 4.78 is 26.8. The van der Waals surface area contributed by atoms with E-state index in [-0.39, 0.29) is 23.3 Å². The number of nitrogens with zero attached hydrogens (tertiary/aromatic N) is 2. The molecule has 0 unspecified atom stereocenters. The molecule has 1 saturated carbocycles. The highest BCUT2D eigenvalue weighted by molar-refractivity contribution is 5.94. The molecule has 1 saturated heterocycles. The fourth-order valence-corrected chi connectivity index (χ4v) is 3.84. The Hall–Kier alpha value is -2.02. The average molecular weight is 351 g/mol. The number of hydrogen-bond acceptors (Lipinski definition) is 3. The zero-order valence-electron chi connectivity index (χ0n) is 14.1. The summed E-state index contributed by atoms with van der Waals surface area (Å²) in [6.07, 6.45) is 2.90. The summed E-state index contributed by atoms with van der Waals surface area (Å²) in [7, 11) is 0. The highest BCUT2D eigenvalue weighted by Gasteiger charge is 2.36. The van der Waals surface area contributed by atoms with Gasteiger partial charge in [-0.3, -0.25) is 9.59 Å². The quantitative estimate of drug-likeness (QED) is 0.900. The first-order valence-electron chi connectivity index (χ1n) is 8.74. The van der Waals surface area contributed by atoms with Gasteiger partial charge >= 0.3 is 0 Å². The molecule has 0 radical (unpaired) electrons. The molecule has 2 fully saturated rings. The third-order valence-corrected chi connectivity index (χ3v) is 5.32. The van der Waals surface area contributed by atoms with Crippen LogP contribution in [0, 0.1) is 23.5 Å². The van der Waals surface area contributed by atoms with Crippen molar-refractivity contribution < 1.29 is 18.4 Å². The minimum absolute atomic E-state index is 0.0122. The Morgan fingerprint density at radius 2 is 1.76 bits per heavy atom. The lowest BCUT2D eigenvalue weighted by Crippen LogP contribution is -2.52. The minimum Gasteiger partial charge on any atom is -0.339 e. The Kier molecular flexibility index (Phi) is 5.32. The van der Waals surface area contributed by atoms with Crippen molar-refractivity contribution in [2.24, 2.45) is 17.6 Å². The van der Waals surface area contributed by atoms with E-state index in [1.807, 2.05) is 0 Å². The molecule has 2 N–H and O–H groups in total. The van der Waals surface area contributed by atoms with Gasteiger partial charge < -0.3 is 15.5 Å². The standard InChI is InChI=1S/C18H23F2N3O2/c19-13-4-5-15(16(20)10-13)18(25)23-8-6-22(7-9-23)17(24)14-3-1-2-12(14)11-21/h4-5,10,12,14H,1-3,6-9,11,21H2/t12-,14-/m1/s1. The summed E-state index contributed by atoms with van der Waals surface area (Å²) in [6.45, 7) is 2.09. The molecule has 0 bridgehead atoms. The van der Waals surface area contributed by atoms with E-state index < -0.39 is 17.5 Å². The number of hydrogen-bond donors (Lipinski definition) is 1. The third-order valence-electron chi connectivity index (χ3n) is 5.32. The fraction of sp³-hybridized carbons (Fsp3) is 0.556. The second-order valence-electron chi connectivity index (χ2n) is 6.77. The molecule has 1 aromatic rings. The van der Waals surface area contributed by atoms with E-state index in [4.69, 9.17) is 5.73 Å². The number of benzene rings is 1. The fourth-order valence-electron chi connectivity index (χ4n) is 3.84. The van der Waals surface area contributed by atoms with Crippen LogP contribution in [0.1, 0.15) is 29.6 Å². The van der Waals surface area contributed by atoms with Crippen molar-refractivity contribution in [3.63, 3.8) is 0 Å². The third kappa shape index (κ3) is 3.66. The molecule has 2 aliphatic rings. The topological polar surface area (TPSA) is 66.6 Å². The van der Waals surface area contributed by atoms with Gasteiger partial charge in [-0.2, -0.15) is 0 Å². The van der Waals surface area contributed by atoms with Crippen molar-refractivity contribution in [1.29, 1.82) is 0 Å². The van der Waals surface area contributed by atoms with Crippen LogP contribution in [0.25, 0.3) is 0 Å². The number of rotatable bonds is 3. The monoisotopic (exact) mass is 351 g/mol. The van der Waals surface area contributed by atoms with Crippen LogP contribution in [0.3, 0.4) is 0 Å². The normalized spacial score (nSPS) is 23.8. The van der Waals surface area contributed by atoms with E-state index in [0.717, 1.165) is 31.4 Å². The zero-order chi connectivity index (χ0) is 18.0. The molecule has 1 aromatic carbocycles. The van der Waals surface area contributed by atoms with E-state index in [1.165, 1.54) is 4.90 Å². The number of halogens is 2. The number of amides is 2. The van der Waals surface area contributed by atoms with E-state index in [1.54, 1.807) is 4.90 Å². The smallest absolute Gasteiger partial charge is 0.256 e. The lowest BCUT2D eigenvalue weighted by atomic mass is 9.94. The molecule has 2 atom stereocenters. The van der Waals surface area contributed by atoms with Gasteiger partial charge in [0.2, 0.25) is 5.91 Å². The predicted octanol–water partition coefficient (Wildman–Crippen LogP) is 1.62. The lowest BCUT2D eigenvalue weighted by Gasteiger charge is -2.36. The van der Waals surface area contributed by atoms with Gasteiger partial charge in [-0.05, 0) is 37.4 Å². The van der Waals surface area contributed by atoms with E-state index >= 15 is 0 Å². The van der Waals surface area contributed by atoms with Crippen molar-refractivity contribution in [3.8, 4) is 0 Å². The van der Waals surface area contributed by atoms with E-state index in [2.05, 4.69) is 0 Å². The molecular formula is C18H23F2N3O2. The largest absolute Gasteiger partial charge is 0.339 e. The lowest BCUT2D eigenvalue weighted by molar-refractivity contribution is -0.138. The maximum absolute atomic E-state index is 13.8. The minimum atomic E-state index is -0.861. The van der Waals surface area contributed by atoms with Gasteiger partial charge in [0.25, 0.3) is 5.91 Å². The molecule has 1 aliphatic heterocycles. The van der Waals surface area contributed by atoms with Crippen LogP contribution in [-0.2, 0) is 4.79 Å². The van der Waals surface area contributed by atoms with Gasteiger partial charge in [0.05, 0.1) is 5.56 Å². The van der Waals surface area contributed by atoms with Gasteiger partial charge in [0.15, 0.2) is 0 Å². The van der Waals surface area contributed by atoms with Crippen LogP contribution < -0.4 is 5.73 Å². The molecule has 1 aliphatic carbocycles. The molecule has 25 heavy (non-hydrogen) atoms. The molecule has 1 heterocycles. The van der Waals surface area contributed by atoms with Crippen LogP contribution in [0.5, 0.6) is 0 Å². The highest BCUT2D eigenvalue weighted by Crippen LogP contribution is 2.32. The van der Waals surface area contributed by atoms with E-state index in [9.17, 15) is 18.4 Å². The van der Waals surface area contributed by atoms with E-state index in [0.29, 0.717) is 38.8 Å². The summed E-state index contributed by atoms with van der Waals surface area (Å²) in [5.74, 6) is -1.68. The first-order valence-corrected chi connectivity index (χ1v) is 8.74. The molecule has 136 valence electrons. The van der Waals surface area contributed by atoms with Crippen LogP contribution in [0.4, 0.5) is 8.78 Å². The first kappa shape index (κ1) is 17.8. The zero-order valence-corrected chi connectivity index (χ0v) is 14.1. The summed E-state index contributed by atoms with van der Waals surface area (Å²) >= 11 is 0. The van der Waals surface area contributed by atoms with Gasteiger partial charge in [0, 0.05) is 38.2 Å². The number of carbonyl (C=O) groups is 2. The Balaban J connectivity index is 1.60. The number of carbonyl (C=O) groups excluding carboxylic acids is 2. The van der Waals surface area contributed by atoms with Gasteiger partial charge in [-0.1, -0.05) is 6.42 Å². The van der Waals surface area contributed by atoms with Crippen LogP contribution in [0.2, 0.25) is 0 Å². The molecule has 0 spiro atoms. The first-order chi connectivity index (χ1) is 12.0. The van der Waals surface area contributed by atoms with Crippen molar-refractivity contribution in [2.75, 3.05) is 32.7 Å². The van der Waals surface area contributed by atoms with Crippen LogP contribution >= 0.6 is 0 Å². The predicted molar refractivity (Wildman–Crippen MR) is 88.7 cm³/mol. The maximum atomic E-state index is 13.8. The van der Waals surface area contributed by atoms with Crippen LogP contribution in [-0.4, -0.2) is 54.3 Å². The van der Waals surface area contributed by atoms with Gasteiger partial charge in [0.1, 0.15) is 11.6 Å². The second kappa shape index (κ2) is 7.47. The van der Waals surface area contributed by atoms with Crippen molar-refractivity contribution in [2.45, 2.75) is 19.3 Å². The Morgan fingerprint density at radius 3 is 2.40 bits per heavy atom. The summed E-state index contributed by atoms with van der Waals surface area (Å²) in [4.78, 5) is 28.4. The Bertz CT molecular complexity index is 660. The van der Waals surface area contributed by atoms with Crippen molar-refractivity contribution in [3.05, 3.63) is 35.4 Å². The summed E-state index contributed by atoms with van der Waals surface area (Å²) in [5.41, 5.74) is 5.62. The Labute approximate surface area is 145 Å². The number of nitrogens with two attached hydrogens (primary N) is 1. The molecule has 7 heteroatoms. The summed E-state index contributed by atoms with van der Waals surface area (Å²) in [6, 6.07) is 2.94. The summed E-state index contributed by atoms with van der Waals surface area (Å²) in [5, 5.41) is 0. The molecule has 5 nitrogen and oxygen atoms in total. The van der Waals surface area contributed by atoms with Crippen molar-refractivity contribution >= 4 is 11.8 Å². The molecule has 2 amide bonds. The number of piperazine rings is 1. The molecule has 3 rings (SSSR count). The Morgan fingerprint density at radius 1 is 1.08 bits per heavy atom. The molecular weight excluding hydrogens is 328 g/mol. The van der Waals surface area contributed by atoms with Crippen molar-refractivity contribution in [1.82, 2.24) is 9.80 Å². The second-order valence-corrected chi connectivity index (χ2v) is 6.77. The van der Waals surface area contributed by atoms with Crippen LogP contribution in [0.15, 0.2) is 18.2 Å².